The van der Waals surface area contributed by atoms with Gasteiger partial charge in [0.05, 0.1) is 13.7 Å². The smallest absolute Gasteiger partial charge is 0.319 e. The second-order valence-corrected chi connectivity index (χ2v) is 9.76. The van der Waals surface area contributed by atoms with Crippen molar-refractivity contribution in [3.63, 3.8) is 0 Å². The maximum Gasteiger partial charge on any atom is 0.319 e. The molecule has 1 aliphatic heterocycles. The third kappa shape index (κ3) is 6.12. The van der Waals surface area contributed by atoms with Gasteiger partial charge in [-0.05, 0) is 42.5 Å². The number of carbonyl (C=O) groups is 2. The van der Waals surface area contributed by atoms with Crippen molar-refractivity contribution in [2.45, 2.75) is 64.1 Å². The molecule has 1 atom stereocenters. The maximum absolute atomic E-state index is 13.2. The Balaban J connectivity index is 1.28. The summed E-state index contributed by atoms with van der Waals surface area (Å²) in [6.07, 6.45) is 6.89. The van der Waals surface area contributed by atoms with E-state index in [0.29, 0.717) is 30.4 Å². The molecule has 2 aliphatic rings. The van der Waals surface area contributed by atoms with Crippen molar-refractivity contribution in [1.29, 1.82) is 5.41 Å². The third-order valence-corrected chi connectivity index (χ3v) is 6.95. The quantitative estimate of drug-likeness (QED) is 0.445. The van der Waals surface area contributed by atoms with Gasteiger partial charge in [0.25, 0.3) is 5.91 Å². The summed E-state index contributed by atoms with van der Waals surface area (Å²) in [5.41, 5.74) is 1.84. The fraction of sp³-hybridized carbons (Fsp3) is 0.444. The molecular weight excluding hydrogens is 442 g/mol. The first kappa shape index (κ1) is 24.6. The number of rotatable bonds is 8. The number of guanidine groups is 1. The standard InChI is InChI=1S/C27H35N5O3/c1-27(16-19-7-4-3-5-8-19)24(33)32(25(28)31-27)18-21-13-11-20(12-14-21)17-29-26(34)30-22-9-6-10-23(15-22)35-2/h6,9-15,19H,3-5,7-8,16-18H2,1-2H3,(H2,28,31)(H2,29,30,34). The minimum Gasteiger partial charge on any atom is -0.497 e. The van der Waals surface area contributed by atoms with Crippen LogP contribution in [0.25, 0.3) is 0 Å². The van der Waals surface area contributed by atoms with Gasteiger partial charge in [-0.1, -0.05) is 62.4 Å². The number of methoxy groups -OCH3 is 1. The zero-order valence-electron chi connectivity index (χ0n) is 20.5. The molecule has 4 rings (SSSR count). The Bertz CT molecular complexity index is 1060. The van der Waals surface area contributed by atoms with E-state index in [0.717, 1.165) is 17.5 Å². The number of anilines is 1. The molecule has 1 saturated carbocycles. The van der Waals surface area contributed by atoms with E-state index in [1.54, 1.807) is 19.2 Å². The zero-order chi connectivity index (χ0) is 24.8. The average molecular weight is 478 g/mol. The van der Waals surface area contributed by atoms with Gasteiger partial charge in [-0.25, -0.2) is 4.79 Å². The lowest BCUT2D eigenvalue weighted by Crippen LogP contribution is -2.45. The normalized spacial score (nSPS) is 20.5. The van der Waals surface area contributed by atoms with Gasteiger partial charge in [0.15, 0.2) is 5.96 Å². The summed E-state index contributed by atoms with van der Waals surface area (Å²) < 4.78 is 5.17. The molecule has 8 nitrogen and oxygen atoms in total. The second-order valence-electron chi connectivity index (χ2n) is 9.76. The molecule has 8 heteroatoms. The van der Waals surface area contributed by atoms with Gasteiger partial charge in [0.2, 0.25) is 0 Å². The molecule has 0 aromatic heterocycles. The topological polar surface area (TPSA) is 107 Å². The number of carbonyl (C=O) groups excluding carboxylic acids is 2. The molecule has 1 heterocycles. The van der Waals surface area contributed by atoms with Gasteiger partial charge in [0.1, 0.15) is 11.3 Å². The number of hydrogen-bond donors (Lipinski definition) is 4. The minimum atomic E-state index is -0.695. The predicted molar refractivity (Wildman–Crippen MR) is 136 cm³/mol. The summed E-state index contributed by atoms with van der Waals surface area (Å²) in [6.45, 7) is 2.66. The van der Waals surface area contributed by atoms with Crippen molar-refractivity contribution < 1.29 is 14.3 Å². The highest BCUT2D eigenvalue weighted by atomic mass is 16.5. The molecule has 186 valence electrons. The van der Waals surface area contributed by atoms with Gasteiger partial charge in [-0.3, -0.25) is 15.1 Å². The maximum atomic E-state index is 13.2. The first-order valence-corrected chi connectivity index (χ1v) is 12.3. The van der Waals surface area contributed by atoms with E-state index in [9.17, 15) is 9.59 Å². The van der Waals surface area contributed by atoms with Crippen molar-refractivity contribution in [3.05, 3.63) is 59.7 Å². The molecule has 1 unspecified atom stereocenters. The fourth-order valence-corrected chi connectivity index (χ4v) is 5.04. The number of amides is 3. The molecule has 1 aliphatic carbocycles. The first-order valence-electron chi connectivity index (χ1n) is 12.3. The Morgan fingerprint density at radius 2 is 1.86 bits per heavy atom. The summed E-state index contributed by atoms with van der Waals surface area (Å²) >= 11 is 0. The molecule has 0 spiro atoms. The van der Waals surface area contributed by atoms with E-state index in [2.05, 4.69) is 16.0 Å². The SMILES string of the molecule is COc1cccc(NC(=O)NCc2ccc(CN3C(=N)NC(C)(CC4CCCCC4)C3=O)cc2)c1. The van der Waals surface area contributed by atoms with E-state index < -0.39 is 5.54 Å². The Hall–Kier alpha value is -3.55. The lowest BCUT2D eigenvalue weighted by atomic mass is 9.80. The van der Waals surface area contributed by atoms with Crippen LogP contribution in [-0.4, -0.2) is 35.4 Å². The molecule has 0 bridgehead atoms. The number of ether oxygens (including phenoxy) is 1. The van der Waals surface area contributed by atoms with Gasteiger partial charge >= 0.3 is 6.03 Å². The predicted octanol–water partition coefficient (Wildman–Crippen LogP) is 4.61. The monoisotopic (exact) mass is 477 g/mol. The number of hydrogen-bond acceptors (Lipinski definition) is 4. The molecule has 0 radical (unpaired) electrons. The van der Waals surface area contributed by atoms with Crippen molar-refractivity contribution >= 4 is 23.6 Å². The Morgan fingerprint density at radius 1 is 1.14 bits per heavy atom. The summed E-state index contributed by atoms with van der Waals surface area (Å²) in [5.74, 6) is 1.37. The van der Waals surface area contributed by atoms with Gasteiger partial charge < -0.3 is 20.7 Å². The summed E-state index contributed by atoms with van der Waals surface area (Å²) in [6, 6.07) is 14.6. The highest BCUT2D eigenvalue weighted by Gasteiger charge is 2.46. The van der Waals surface area contributed by atoms with Gasteiger partial charge in [-0.15, -0.1) is 0 Å². The molecule has 2 aromatic rings. The van der Waals surface area contributed by atoms with Crippen molar-refractivity contribution in [2.24, 2.45) is 5.92 Å². The molecule has 1 saturated heterocycles. The third-order valence-electron chi connectivity index (χ3n) is 6.95. The van der Waals surface area contributed by atoms with Crippen LogP contribution in [0.2, 0.25) is 0 Å². The van der Waals surface area contributed by atoms with Crippen molar-refractivity contribution in [2.75, 3.05) is 12.4 Å². The van der Waals surface area contributed by atoms with Crippen LogP contribution >= 0.6 is 0 Å². The van der Waals surface area contributed by atoms with Crippen LogP contribution in [0, 0.1) is 11.3 Å². The second kappa shape index (κ2) is 10.8. The summed E-state index contributed by atoms with van der Waals surface area (Å²) in [7, 11) is 1.58. The van der Waals surface area contributed by atoms with E-state index in [1.807, 2.05) is 43.3 Å². The van der Waals surface area contributed by atoms with Crippen LogP contribution in [-0.2, 0) is 17.9 Å². The first-order chi connectivity index (χ1) is 16.9. The summed E-state index contributed by atoms with van der Waals surface area (Å²) in [5, 5.41) is 17.2. The lowest BCUT2D eigenvalue weighted by Gasteiger charge is -2.30. The average Bonchev–Trinajstić information content (AvgIpc) is 3.07. The van der Waals surface area contributed by atoms with Crippen LogP contribution in [0.3, 0.4) is 0 Å². The van der Waals surface area contributed by atoms with E-state index in [4.69, 9.17) is 10.1 Å². The molecular formula is C27H35N5O3. The largest absolute Gasteiger partial charge is 0.497 e. The summed E-state index contributed by atoms with van der Waals surface area (Å²) in [4.78, 5) is 27.0. The Kier molecular flexibility index (Phi) is 7.58. The highest BCUT2D eigenvalue weighted by Crippen LogP contribution is 2.33. The number of nitrogens with zero attached hydrogens (tertiary/aromatic N) is 1. The van der Waals surface area contributed by atoms with Crippen molar-refractivity contribution in [3.8, 4) is 5.75 Å². The Labute approximate surface area is 206 Å². The van der Waals surface area contributed by atoms with Crippen LogP contribution in [0.4, 0.5) is 10.5 Å². The highest BCUT2D eigenvalue weighted by molar-refractivity contribution is 6.07. The molecule has 2 fully saturated rings. The molecule has 35 heavy (non-hydrogen) atoms. The number of urea groups is 1. The zero-order valence-corrected chi connectivity index (χ0v) is 20.5. The van der Waals surface area contributed by atoms with E-state index in [1.165, 1.54) is 37.0 Å². The van der Waals surface area contributed by atoms with Crippen molar-refractivity contribution in [1.82, 2.24) is 15.5 Å². The molecule has 4 N–H and O–H groups in total. The number of benzene rings is 2. The van der Waals surface area contributed by atoms with Crippen LogP contribution in [0.15, 0.2) is 48.5 Å². The van der Waals surface area contributed by atoms with Crippen LogP contribution < -0.4 is 20.7 Å². The molecule has 3 amide bonds. The lowest BCUT2D eigenvalue weighted by molar-refractivity contribution is -0.131. The van der Waals surface area contributed by atoms with Crippen LogP contribution in [0.1, 0.15) is 56.6 Å². The van der Waals surface area contributed by atoms with E-state index >= 15 is 0 Å². The van der Waals surface area contributed by atoms with Gasteiger partial charge in [0, 0.05) is 18.3 Å². The van der Waals surface area contributed by atoms with Crippen LogP contribution in [0.5, 0.6) is 5.75 Å². The minimum absolute atomic E-state index is 0.0203. The fourth-order valence-electron chi connectivity index (χ4n) is 5.04. The number of nitrogens with one attached hydrogen (secondary N) is 4. The van der Waals surface area contributed by atoms with E-state index in [-0.39, 0.29) is 17.9 Å². The van der Waals surface area contributed by atoms with Gasteiger partial charge in [-0.2, -0.15) is 0 Å². The molecule has 2 aromatic carbocycles. The Morgan fingerprint density at radius 3 is 2.57 bits per heavy atom.